The third-order valence-electron chi connectivity index (χ3n) is 3.17. The monoisotopic (exact) mass is 305 g/mol. The van der Waals surface area contributed by atoms with Crippen LogP contribution in [0.3, 0.4) is 0 Å². The highest BCUT2D eigenvalue weighted by atomic mass is 32.1. The minimum absolute atomic E-state index is 0.868. The molecular formula is C16H23N3OS. The van der Waals surface area contributed by atoms with Crippen molar-refractivity contribution in [3.63, 3.8) is 0 Å². The van der Waals surface area contributed by atoms with E-state index < -0.39 is 0 Å². The number of nitrogens with one attached hydrogen (secondary N) is 1. The van der Waals surface area contributed by atoms with Gasteiger partial charge in [-0.3, -0.25) is 0 Å². The summed E-state index contributed by atoms with van der Waals surface area (Å²) < 4.78 is 5.26. The summed E-state index contributed by atoms with van der Waals surface area (Å²) >= 11 is 1.72. The van der Waals surface area contributed by atoms with Gasteiger partial charge in [0.15, 0.2) is 0 Å². The molecule has 0 aliphatic heterocycles. The number of methoxy groups -OCH3 is 1. The summed E-state index contributed by atoms with van der Waals surface area (Å²) in [4.78, 5) is 6.88. The van der Waals surface area contributed by atoms with E-state index in [-0.39, 0.29) is 0 Å². The molecule has 4 nitrogen and oxygen atoms in total. The molecule has 0 aliphatic carbocycles. The van der Waals surface area contributed by atoms with Crippen LogP contribution in [0.4, 0.5) is 0 Å². The number of hydrogen-bond acceptors (Lipinski definition) is 5. The number of hydrogen-bond donors (Lipinski definition) is 1. The molecule has 1 aromatic heterocycles. The molecule has 114 valence electrons. The number of likely N-dealkylation sites (N-methyl/N-ethyl adjacent to an activating group) is 1. The van der Waals surface area contributed by atoms with Gasteiger partial charge in [-0.1, -0.05) is 12.1 Å². The van der Waals surface area contributed by atoms with Gasteiger partial charge in [0.05, 0.1) is 17.8 Å². The highest BCUT2D eigenvalue weighted by Crippen LogP contribution is 2.25. The molecular weight excluding hydrogens is 282 g/mol. The number of benzene rings is 1. The van der Waals surface area contributed by atoms with Gasteiger partial charge < -0.3 is 15.0 Å². The van der Waals surface area contributed by atoms with E-state index in [0.29, 0.717) is 0 Å². The lowest BCUT2D eigenvalue weighted by Crippen LogP contribution is -2.27. The number of aromatic nitrogens is 1. The third-order valence-corrected chi connectivity index (χ3v) is 4.08. The van der Waals surface area contributed by atoms with E-state index in [4.69, 9.17) is 9.72 Å². The lowest BCUT2D eigenvalue weighted by atomic mass is 10.2. The van der Waals surface area contributed by atoms with E-state index in [1.807, 2.05) is 18.2 Å². The fourth-order valence-electron chi connectivity index (χ4n) is 1.96. The second kappa shape index (κ2) is 8.12. The predicted octanol–water partition coefficient (Wildman–Crippen LogP) is 2.51. The van der Waals surface area contributed by atoms with Crippen molar-refractivity contribution in [3.05, 3.63) is 34.7 Å². The molecule has 2 rings (SSSR count). The molecule has 1 heterocycles. The summed E-state index contributed by atoms with van der Waals surface area (Å²) in [6, 6.07) is 8.03. The third kappa shape index (κ3) is 5.12. The van der Waals surface area contributed by atoms with Crippen LogP contribution in [0.1, 0.15) is 5.01 Å². The largest absolute Gasteiger partial charge is 0.497 e. The standard InChI is InChI=1S/C16H23N3OS/c1-19(2)10-9-17-8-7-16-18-15(12-21-16)13-5-4-6-14(11-13)20-3/h4-6,11-12,17H,7-10H2,1-3H3. The Morgan fingerprint density at radius 1 is 1.29 bits per heavy atom. The summed E-state index contributed by atoms with van der Waals surface area (Å²) in [5, 5.41) is 6.72. The first-order chi connectivity index (χ1) is 10.2. The molecule has 2 aromatic rings. The van der Waals surface area contributed by atoms with Gasteiger partial charge in [-0.2, -0.15) is 0 Å². The van der Waals surface area contributed by atoms with Crippen molar-refractivity contribution in [2.75, 3.05) is 40.8 Å². The molecule has 0 aliphatic rings. The lowest BCUT2D eigenvalue weighted by molar-refractivity contribution is 0.401. The normalized spacial score (nSPS) is 11.0. The zero-order valence-electron chi connectivity index (χ0n) is 12.9. The summed E-state index contributed by atoms with van der Waals surface area (Å²) in [5.41, 5.74) is 2.14. The van der Waals surface area contributed by atoms with Crippen LogP contribution in [0.15, 0.2) is 29.6 Å². The Balaban J connectivity index is 1.86. The molecule has 0 spiro atoms. The summed E-state index contributed by atoms with van der Waals surface area (Å²) in [6.45, 7) is 3.05. The molecule has 1 aromatic carbocycles. The van der Waals surface area contributed by atoms with Crippen molar-refractivity contribution in [3.8, 4) is 17.0 Å². The van der Waals surface area contributed by atoms with Crippen LogP contribution in [0.2, 0.25) is 0 Å². The van der Waals surface area contributed by atoms with Crippen molar-refractivity contribution in [1.82, 2.24) is 15.2 Å². The second-order valence-electron chi connectivity index (χ2n) is 5.16. The van der Waals surface area contributed by atoms with Crippen molar-refractivity contribution in [1.29, 1.82) is 0 Å². The summed E-state index contributed by atoms with van der Waals surface area (Å²) in [5.74, 6) is 0.868. The Hall–Kier alpha value is -1.43. The maximum Gasteiger partial charge on any atom is 0.119 e. The Kier molecular flexibility index (Phi) is 6.17. The van der Waals surface area contributed by atoms with E-state index in [0.717, 1.165) is 43.1 Å². The first kappa shape index (κ1) is 15.9. The van der Waals surface area contributed by atoms with Crippen LogP contribution in [-0.2, 0) is 6.42 Å². The Bertz CT molecular complexity index is 554. The van der Waals surface area contributed by atoms with Crippen LogP contribution in [0.25, 0.3) is 11.3 Å². The number of nitrogens with zero attached hydrogens (tertiary/aromatic N) is 2. The van der Waals surface area contributed by atoms with E-state index in [9.17, 15) is 0 Å². The molecule has 0 radical (unpaired) electrons. The second-order valence-corrected chi connectivity index (χ2v) is 6.10. The zero-order valence-corrected chi connectivity index (χ0v) is 13.7. The van der Waals surface area contributed by atoms with E-state index >= 15 is 0 Å². The Morgan fingerprint density at radius 2 is 2.14 bits per heavy atom. The Morgan fingerprint density at radius 3 is 2.90 bits per heavy atom. The van der Waals surface area contributed by atoms with Gasteiger partial charge in [-0.15, -0.1) is 11.3 Å². The maximum absolute atomic E-state index is 5.26. The predicted molar refractivity (Wildman–Crippen MR) is 89.2 cm³/mol. The van der Waals surface area contributed by atoms with Gasteiger partial charge in [0, 0.05) is 37.0 Å². The minimum atomic E-state index is 0.868. The van der Waals surface area contributed by atoms with Crippen molar-refractivity contribution in [2.45, 2.75) is 6.42 Å². The van der Waals surface area contributed by atoms with E-state index in [1.54, 1.807) is 18.4 Å². The molecule has 0 saturated carbocycles. The summed E-state index contributed by atoms with van der Waals surface area (Å²) in [6.07, 6.45) is 0.974. The lowest BCUT2D eigenvalue weighted by Gasteiger charge is -2.09. The van der Waals surface area contributed by atoms with Gasteiger partial charge in [0.1, 0.15) is 5.75 Å². The fraction of sp³-hybridized carbons (Fsp3) is 0.438. The topological polar surface area (TPSA) is 37.4 Å². The van der Waals surface area contributed by atoms with Gasteiger partial charge in [0.25, 0.3) is 0 Å². The molecule has 5 heteroatoms. The highest BCUT2D eigenvalue weighted by Gasteiger charge is 2.05. The van der Waals surface area contributed by atoms with Crippen LogP contribution in [0.5, 0.6) is 5.75 Å². The number of ether oxygens (including phenoxy) is 1. The SMILES string of the molecule is COc1cccc(-c2csc(CCNCCN(C)C)n2)c1. The van der Waals surface area contributed by atoms with Crippen molar-refractivity contribution >= 4 is 11.3 Å². The average Bonchev–Trinajstić information content (AvgIpc) is 2.95. The van der Waals surface area contributed by atoms with Gasteiger partial charge in [-0.05, 0) is 26.2 Å². The molecule has 0 atom stereocenters. The fourth-order valence-corrected chi connectivity index (χ4v) is 2.77. The molecule has 21 heavy (non-hydrogen) atoms. The van der Waals surface area contributed by atoms with Crippen LogP contribution >= 0.6 is 11.3 Å². The van der Waals surface area contributed by atoms with Gasteiger partial charge in [-0.25, -0.2) is 4.98 Å². The average molecular weight is 305 g/mol. The highest BCUT2D eigenvalue weighted by molar-refractivity contribution is 7.09. The van der Waals surface area contributed by atoms with Crippen LogP contribution in [-0.4, -0.2) is 50.7 Å². The molecule has 0 unspecified atom stereocenters. The van der Waals surface area contributed by atoms with E-state index in [2.05, 4.69) is 35.8 Å². The quantitative estimate of drug-likeness (QED) is 0.761. The molecule has 0 fully saturated rings. The molecule has 1 N–H and O–H groups in total. The molecule has 0 saturated heterocycles. The maximum atomic E-state index is 5.26. The van der Waals surface area contributed by atoms with Crippen molar-refractivity contribution in [2.24, 2.45) is 0 Å². The van der Waals surface area contributed by atoms with E-state index in [1.165, 1.54) is 5.01 Å². The Labute approximate surface area is 130 Å². The molecule has 0 amide bonds. The van der Waals surface area contributed by atoms with Crippen molar-refractivity contribution < 1.29 is 4.74 Å². The number of rotatable bonds is 8. The summed E-state index contributed by atoms with van der Waals surface area (Å²) in [7, 11) is 5.86. The van der Waals surface area contributed by atoms with Gasteiger partial charge in [0.2, 0.25) is 0 Å². The van der Waals surface area contributed by atoms with Crippen LogP contribution in [0, 0.1) is 0 Å². The smallest absolute Gasteiger partial charge is 0.119 e. The van der Waals surface area contributed by atoms with Gasteiger partial charge >= 0.3 is 0 Å². The first-order valence-electron chi connectivity index (χ1n) is 7.13. The molecule has 0 bridgehead atoms. The first-order valence-corrected chi connectivity index (χ1v) is 8.01. The zero-order chi connectivity index (χ0) is 15.1. The minimum Gasteiger partial charge on any atom is -0.497 e. The van der Waals surface area contributed by atoms with Crippen LogP contribution < -0.4 is 10.1 Å². The number of thiazole rings is 1.